The van der Waals surface area contributed by atoms with Crippen LogP contribution in [0.1, 0.15) is 23.0 Å². The van der Waals surface area contributed by atoms with E-state index in [1.165, 1.54) is 0 Å². The summed E-state index contributed by atoms with van der Waals surface area (Å²) >= 11 is 0. The molecule has 2 heterocycles. The highest BCUT2D eigenvalue weighted by molar-refractivity contribution is 5.74. The summed E-state index contributed by atoms with van der Waals surface area (Å²) < 4.78 is 5.22. The van der Waals surface area contributed by atoms with Crippen molar-refractivity contribution in [2.75, 3.05) is 0 Å². The van der Waals surface area contributed by atoms with Gasteiger partial charge >= 0.3 is 6.03 Å². The Bertz CT molecular complexity index is 874. The Morgan fingerprint density at radius 2 is 2.20 bits per heavy atom. The SMILES string of the molecule is O=C(NCc1nc(-c2ccco2)n[nH]1)N[C@H]1c2ccccc2C[C@@H]1O. The molecule has 1 aliphatic rings. The van der Waals surface area contributed by atoms with Crippen molar-refractivity contribution in [2.45, 2.75) is 25.1 Å². The lowest BCUT2D eigenvalue weighted by molar-refractivity contribution is 0.142. The number of H-pyrrole nitrogens is 1. The third kappa shape index (κ3) is 3.11. The zero-order valence-corrected chi connectivity index (χ0v) is 13.3. The van der Waals surface area contributed by atoms with E-state index in [0.717, 1.165) is 11.1 Å². The lowest BCUT2D eigenvalue weighted by Crippen LogP contribution is -2.40. The van der Waals surface area contributed by atoms with Crippen LogP contribution in [0.2, 0.25) is 0 Å². The van der Waals surface area contributed by atoms with Crippen molar-refractivity contribution < 1.29 is 14.3 Å². The second-order valence-electron chi connectivity index (χ2n) is 5.86. The average Bonchev–Trinajstić information content (AvgIpc) is 3.33. The van der Waals surface area contributed by atoms with E-state index in [4.69, 9.17) is 4.42 Å². The number of hydrogen-bond donors (Lipinski definition) is 4. The number of urea groups is 1. The number of carbonyl (C=O) groups is 1. The van der Waals surface area contributed by atoms with Gasteiger partial charge < -0.3 is 20.2 Å². The summed E-state index contributed by atoms with van der Waals surface area (Å²) in [7, 11) is 0. The molecule has 1 aromatic carbocycles. The molecule has 4 rings (SSSR count). The van der Waals surface area contributed by atoms with Crippen LogP contribution in [0.5, 0.6) is 0 Å². The van der Waals surface area contributed by atoms with Gasteiger partial charge in [-0.2, -0.15) is 0 Å². The molecule has 0 fully saturated rings. The van der Waals surface area contributed by atoms with Crippen molar-refractivity contribution in [3.8, 4) is 11.6 Å². The number of fused-ring (bicyclic) bond motifs is 1. The molecule has 2 amide bonds. The number of aliphatic hydroxyl groups excluding tert-OH is 1. The molecule has 8 heteroatoms. The third-order valence-electron chi connectivity index (χ3n) is 4.18. The van der Waals surface area contributed by atoms with E-state index in [1.807, 2.05) is 24.3 Å². The third-order valence-corrected chi connectivity index (χ3v) is 4.18. The van der Waals surface area contributed by atoms with Gasteiger partial charge in [-0.15, -0.1) is 5.10 Å². The minimum absolute atomic E-state index is 0.185. The fourth-order valence-corrected chi connectivity index (χ4v) is 2.99. The topological polar surface area (TPSA) is 116 Å². The van der Waals surface area contributed by atoms with Crippen LogP contribution in [0.15, 0.2) is 47.1 Å². The minimum atomic E-state index is -0.626. The molecule has 0 spiro atoms. The zero-order chi connectivity index (χ0) is 17.2. The summed E-state index contributed by atoms with van der Waals surface area (Å²) in [5.41, 5.74) is 2.00. The maximum absolute atomic E-state index is 12.1. The summed E-state index contributed by atoms with van der Waals surface area (Å²) in [5, 5.41) is 22.5. The number of nitrogens with one attached hydrogen (secondary N) is 3. The van der Waals surface area contributed by atoms with Crippen LogP contribution in [0, 0.1) is 0 Å². The predicted octanol–water partition coefficient (Wildman–Crippen LogP) is 1.52. The monoisotopic (exact) mass is 339 g/mol. The molecule has 1 aliphatic carbocycles. The fourth-order valence-electron chi connectivity index (χ4n) is 2.99. The summed E-state index contributed by atoms with van der Waals surface area (Å²) in [5.74, 6) is 1.49. The van der Waals surface area contributed by atoms with E-state index in [9.17, 15) is 9.90 Å². The minimum Gasteiger partial charge on any atom is -0.461 e. The molecule has 2 aromatic heterocycles. The van der Waals surface area contributed by atoms with E-state index >= 15 is 0 Å². The molecular formula is C17H17N5O3. The number of rotatable bonds is 4. The summed E-state index contributed by atoms with van der Waals surface area (Å²) in [6, 6.07) is 10.4. The molecule has 0 aliphatic heterocycles. The number of amides is 2. The Balaban J connectivity index is 1.36. The standard InChI is InChI=1S/C17H17N5O3/c23-12-8-10-4-1-2-5-11(10)15(12)20-17(24)18-9-14-19-16(22-21-14)13-6-3-7-25-13/h1-7,12,15,23H,8-9H2,(H2,18,20,24)(H,19,21,22)/t12-,15-/m0/s1. The Kier molecular flexibility index (Phi) is 3.95. The van der Waals surface area contributed by atoms with Crippen LogP contribution < -0.4 is 10.6 Å². The van der Waals surface area contributed by atoms with Gasteiger partial charge in [-0.05, 0) is 23.3 Å². The largest absolute Gasteiger partial charge is 0.461 e. The summed E-state index contributed by atoms with van der Waals surface area (Å²) in [6.45, 7) is 0.185. The first-order valence-electron chi connectivity index (χ1n) is 7.96. The van der Waals surface area contributed by atoms with Crippen molar-refractivity contribution in [2.24, 2.45) is 0 Å². The Morgan fingerprint density at radius 3 is 3.04 bits per heavy atom. The highest BCUT2D eigenvalue weighted by atomic mass is 16.3. The maximum Gasteiger partial charge on any atom is 0.315 e. The molecular weight excluding hydrogens is 322 g/mol. The highest BCUT2D eigenvalue weighted by Gasteiger charge is 2.31. The number of aromatic amines is 1. The van der Waals surface area contributed by atoms with Gasteiger partial charge in [0.2, 0.25) is 5.82 Å². The van der Waals surface area contributed by atoms with E-state index in [-0.39, 0.29) is 12.6 Å². The maximum atomic E-state index is 12.1. The molecule has 128 valence electrons. The molecule has 0 saturated carbocycles. The highest BCUT2D eigenvalue weighted by Crippen LogP contribution is 2.31. The molecule has 0 bridgehead atoms. The normalized spacial score (nSPS) is 18.8. The van der Waals surface area contributed by atoms with Gasteiger partial charge in [-0.25, -0.2) is 9.78 Å². The van der Waals surface area contributed by atoms with Gasteiger partial charge in [-0.3, -0.25) is 5.10 Å². The predicted molar refractivity (Wildman–Crippen MR) is 88.3 cm³/mol. The lowest BCUT2D eigenvalue weighted by Gasteiger charge is -2.18. The Morgan fingerprint density at radius 1 is 1.32 bits per heavy atom. The van der Waals surface area contributed by atoms with Crippen LogP contribution in [-0.2, 0) is 13.0 Å². The van der Waals surface area contributed by atoms with Crippen molar-refractivity contribution in [1.82, 2.24) is 25.8 Å². The van der Waals surface area contributed by atoms with Crippen molar-refractivity contribution >= 4 is 6.03 Å². The zero-order valence-electron chi connectivity index (χ0n) is 13.3. The van der Waals surface area contributed by atoms with Gasteiger partial charge in [0.05, 0.1) is 25.0 Å². The van der Waals surface area contributed by atoms with Gasteiger partial charge in [0, 0.05) is 6.42 Å². The first-order valence-corrected chi connectivity index (χ1v) is 7.96. The van der Waals surface area contributed by atoms with Crippen LogP contribution in [0.4, 0.5) is 4.79 Å². The number of aromatic nitrogens is 3. The van der Waals surface area contributed by atoms with Crippen LogP contribution in [0.25, 0.3) is 11.6 Å². The first kappa shape index (κ1) is 15.4. The van der Waals surface area contributed by atoms with E-state index in [1.54, 1.807) is 18.4 Å². The number of hydrogen-bond acceptors (Lipinski definition) is 5. The molecule has 0 unspecified atom stereocenters. The molecule has 8 nitrogen and oxygen atoms in total. The Labute approximate surface area is 143 Å². The van der Waals surface area contributed by atoms with Crippen molar-refractivity contribution in [3.05, 3.63) is 59.6 Å². The van der Waals surface area contributed by atoms with Crippen LogP contribution in [-0.4, -0.2) is 32.4 Å². The number of aliphatic hydroxyl groups is 1. The molecule has 0 radical (unpaired) electrons. The van der Waals surface area contributed by atoms with Gasteiger partial charge in [0.1, 0.15) is 5.82 Å². The summed E-state index contributed by atoms with van der Waals surface area (Å²) in [6.07, 6.45) is 1.45. The molecule has 0 saturated heterocycles. The fraction of sp³-hybridized carbons (Fsp3) is 0.235. The lowest BCUT2D eigenvalue weighted by atomic mass is 10.1. The number of benzene rings is 1. The second-order valence-corrected chi connectivity index (χ2v) is 5.86. The van der Waals surface area contributed by atoms with Crippen LogP contribution >= 0.6 is 0 Å². The molecule has 4 N–H and O–H groups in total. The smallest absolute Gasteiger partial charge is 0.315 e. The average molecular weight is 339 g/mol. The van der Waals surface area contributed by atoms with Gasteiger partial charge in [0.15, 0.2) is 5.76 Å². The summed E-state index contributed by atoms with van der Waals surface area (Å²) in [4.78, 5) is 16.4. The van der Waals surface area contributed by atoms with Crippen LogP contribution in [0.3, 0.4) is 0 Å². The number of nitrogens with zero attached hydrogens (tertiary/aromatic N) is 2. The molecule has 2 atom stereocenters. The quantitative estimate of drug-likeness (QED) is 0.575. The number of furan rings is 1. The van der Waals surface area contributed by atoms with E-state index in [2.05, 4.69) is 25.8 Å². The van der Waals surface area contributed by atoms with Crippen molar-refractivity contribution in [3.63, 3.8) is 0 Å². The Hall–Kier alpha value is -3.13. The van der Waals surface area contributed by atoms with Crippen molar-refractivity contribution in [1.29, 1.82) is 0 Å². The first-order chi connectivity index (χ1) is 12.2. The van der Waals surface area contributed by atoms with E-state index in [0.29, 0.717) is 23.8 Å². The second kappa shape index (κ2) is 6.40. The number of carbonyl (C=O) groups excluding carboxylic acids is 1. The molecule has 25 heavy (non-hydrogen) atoms. The van der Waals surface area contributed by atoms with Gasteiger partial charge in [-0.1, -0.05) is 24.3 Å². The van der Waals surface area contributed by atoms with E-state index < -0.39 is 12.1 Å². The molecule has 3 aromatic rings. The van der Waals surface area contributed by atoms with Gasteiger partial charge in [0.25, 0.3) is 0 Å².